The molecule has 6 nitrogen and oxygen atoms in total. The summed E-state index contributed by atoms with van der Waals surface area (Å²) in [5.74, 6) is -1.17. The minimum absolute atomic E-state index is 0.0727. The van der Waals surface area contributed by atoms with Crippen molar-refractivity contribution in [3.63, 3.8) is 0 Å². The molecule has 3 N–H and O–H groups in total. The van der Waals surface area contributed by atoms with Gasteiger partial charge in [-0.25, -0.2) is 4.39 Å². The molecule has 0 unspecified atom stereocenters. The topological polar surface area (TPSA) is 87.3 Å². The molecule has 0 heterocycles. The van der Waals surface area contributed by atoms with Gasteiger partial charge in [0, 0.05) is 11.7 Å². The zero-order valence-electron chi connectivity index (χ0n) is 11.7. The maximum absolute atomic E-state index is 13.0. The first kappa shape index (κ1) is 17.1. The summed E-state index contributed by atoms with van der Waals surface area (Å²) in [5.41, 5.74) is 0.291. The maximum Gasteiger partial charge on any atom is 0.277 e. The van der Waals surface area contributed by atoms with Crippen molar-refractivity contribution in [3.8, 4) is 0 Å². The number of carbonyl (C=O) groups excluding carboxylic acids is 1. The van der Waals surface area contributed by atoms with Gasteiger partial charge in [0.05, 0.1) is 11.6 Å². The van der Waals surface area contributed by atoms with Crippen LogP contribution in [0.5, 0.6) is 0 Å². The van der Waals surface area contributed by atoms with Gasteiger partial charge < -0.3 is 5.32 Å². The van der Waals surface area contributed by atoms with Gasteiger partial charge >= 0.3 is 0 Å². The summed E-state index contributed by atoms with van der Waals surface area (Å²) in [5, 5.41) is 2.31. The van der Waals surface area contributed by atoms with Gasteiger partial charge in [0.15, 0.2) is 0 Å². The molecule has 0 aromatic heterocycles. The average Bonchev–Trinajstić information content (AvgIpc) is 2.93. The molecule has 2 rings (SSSR count). The lowest BCUT2D eigenvalue weighted by molar-refractivity contribution is -0.115. The summed E-state index contributed by atoms with van der Waals surface area (Å²) in [6, 6.07) is 3.63. The molecular formula is C13H17ClFN3O3S. The van der Waals surface area contributed by atoms with Crippen LogP contribution in [0.3, 0.4) is 0 Å². The molecule has 1 amide bonds. The normalized spacial score (nSPS) is 15.9. The Morgan fingerprint density at radius 2 is 2.00 bits per heavy atom. The van der Waals surface area contributed by atoms with E-state index in [0.29, 0.717) is 5.69 Å². The molecule has 0 bridgehead atoms. The van der Waals surface area contributed by atoms with Crippen LogP contribution >= 0.6 is 11.6 Å². The van der Waals surface area contributed by atoms with E-state index in [-0.39, 0.29) is 11.1 Å². The van der Waals surface area contributed by atoms with Crippen molar-refractivity contribution in [2.45, 2.75) is 31.7 Å². The van der Waals surface area contributed by atoms with Crippen LogP contribution in [0.25, 0.3) is 0 Å². The Labute approximate surface area is 133 Å². The highest BCUT2D eigenvalue weighted by Crippen LogP contribution is 2.19. The molecule has 0 atom stereocenters. The highest BCUT2D eigenvalue weighted by atomic mass is 35.5. The van der Waals surface area contributed by atoms with Gasteiger partial charge in [0.2, 0.25) is 5.91 Å². The number of amides is 1. The molecule has 1 aromatic carbocycles. The number of halogens is 2. The summed E-state index contributed by atoms with van der Waals surface area (Å²) < 4.78 is 41.2. The number of benzene rings is 1. The summed E-state index contributed by atoms with van der Waals surface area (Å²) in [7, 11) is -3.71. The van der Waals surface area contributed by atoms with E-state index in [1.54, 1.807) is 0 Å². The van der Waals surface area contributed by atoms with Crippen molar-refractivity contribution >= 4 is 33.4 Å². The standard InChI is InChI=1S/C13H17ClFN3O3S/c14-11-7-10(5-6-12(11)15)17-13(19)8-16-22(20,21)18-9-3-1-2-4-9/h5-7,9,16,18H,1-4,8H2,(H,17,19). The molecule has 1 aliphatic carbocycles. The third-order valence-electron chi connectivity index (χ3n) is 3.30. The van der Waals surface area contributed by atoms with E-state index in [2.05, 4.69) is 14.8 Å². The number of carbonyl (C=O) groups is 1. The largest absolute Gasteiger partial charge is 0.325 e. The van der Waals surface area contributed by atoms with Crippen LogP contribution < -0.4 is 14.8 Å². The third kappa shape index (κ3) is 5.20. The molecule has 1 saturated carbocycles. The third-order valence-corrected chi connectivity index (χ3v) is 4.76. The SMILES string of the molecule is O=C(CNS(=O)(=O)NC1CCCC1)Nc1ccc(F)c(Cl)c1. The lowest BCUT2D eigenvalue weighted by atomic mass is 10.3. The van der Waals surface area contributed by atoms with Crippen molar-refractivity contribution in [3.05, 3.63) is 29.0 Å². The second-order valence-electron chi connectivity index (χ2n) is 5.10. The first-order chi connectivity index (χ1) is 10.4. The molecule has 0 radical (unpaired) electrons. The second-order valence-corrected chi connectivity index (χ2v) is 7.04. The second kappa shape index (κ2) is 7.36. The summed E-state index contributed by atoms with van der Waals surface area (Å²) in [6.07, 6.45) is 3.61. The van der Waals surface area contributed by atoms with Crippen LogP contribution in [0.15, 0.2) is 18.2 Å². The molecule has 0 spiro atoms. The molecule has 9 heteroatoms. The van der Waals surface area contributed by atoms with Crippen molar-refractivity contribution in [2.24, 2.45) is 0 Å². The van der Waals surface area contributed by atoms with Gasteiger partial charge in [-0.05, 0) is 31.0 Å². The summed E-state index contributed by atoms with van der Waals surface area (Å²) >= 11 is 5.59. The molecule has 1 aromatic rings. The van der Waals surface area contributed by atoms with Gasteiger partial charge in [0.1, 0.15) is 5.82 Å². The van der Waals surface area contributed by atoms with E-state index in [1.807, 2.05) is 0 Å². The fourth-order valence-corrected chi connectivity index (χ4v) is 3.50. The molecule has 0 saturated heterocycles. The lowest BCUT2D eigenvalue weighted by Gasteiger charge is -2.13. The van der Waals surface area contributed by atoms with Gasteiger partial charge in [-0.1, -0.05) is 24.4 Å². The Morgan fingerprint density at radius 1 is 1.32 bits per heavy atom. The Balaban J connectivity index is 1.82. The number of nitrogens with one attached hydrogen (secondary N) is 3. The van der Waals surface area contributed by atoms with E-state index < -0.39 is 28.5 Å². The zero-order chi connectivity index (χ0) is 16.2. The minimum Gasteiger partial charge on any atom is -0.325 e. The highest BCUT2D eigenvalue weighted by Gasteiger charge is 2.21. The molecule has 1 aliphatic rings. The minimum atomic E-state index is -3.71. The number of hydrogen-bond acceptors (Lipinski definition) is 3. The van der Waals surface area contributed by atoms with Crippen LogP contribution in [0, 0.1) is 5.82 Å². The van der Waals surface area contributed by atoms with Crippen molar-refractivity contribution < 1.29 is 17.6 Å². The monoisotopic (exact) mass is 349 g/mol. The van der Waals surface area contributed by atoms with Crippen LogP contribution in [0.1, 0.15) is 25.7 Å². The van der Waals surface area contributed by atoms with Crippen molar-refractivity contribution in [1.82, 2.24) is 9.44 Å². The molecule has 0 aliphatic heterocycles. The van der Waals surface area contributed by atoms with Crippen LogP contribution in [-0.4, -0.2) is 26.9 Å². The van der Waals surface area contributed by atoms with E-state index in [9.17, 15) is 17.6 Å². The molecule has 122 valence electrons. The predicted octanol–water partition coefficient (Wildman–Crippen LogP) is 1.78. The maximum atomic E-state index is 13.0. The van der Waals surface area contributed by atoms with Crippen molar-refractivity contribution in [2.75, 3.05) is 11.9 Å². The molecule has 1 fully saturated rings. The quantitative estimate of drug-likeness (QED) is 0.731. The first-order valence-corrected chi connectivity index (χ1v) is 8.74. The Morgan fingerprint density at radius 3 is 2.64 bits per heavy atom. The zero-order valence-corrected chi connectivity index (χ0v) is 13.3. The average molecular weight is 350 g/mol. The smallest absolute Gasteiger partial charge is 0.277 e. The van der Waals surface area contributed by atoms with Crippen LogP contribution in [0.2, 0.25) is 5.02 Å². The molecular weight excluding hydrogens is 333 g/mol. The van der Waals surface area contributed by atoms with Crippen LogP contribution in [-0.2, 0) is 15.0 Å². The van der Waals surface area contributed by atoms with Crippen molar-refractivity contribution in [1.29, 1.82) is 0 Å². The fourth-order valence-electron chi connectivity index (χ4n) is 2.24. The Kier molecular flexibility index (Phi) is 5.74. The summed E-state index contributed by atoms with van der Waals surface area (Å²) in [6.45, 7) is -0.420. The van der Waals surface area contributed by atoms with Gasteiger partial charge in [-0.15, -0.1) is 0 Å². The Hall–Kier alpha value is -1.22. The fraction of sp³-hybridized carbons (Fsp3) is 0.462. The summed E-state index contributed by atoms with van der Waals surface area (Å²) in [4.78, 5) is 11.7. The van der Waals surface area contributed by atoms with Crippen LogP contribution in [0.4, 0.5) is 10.1 Å². The van der Waals surface area contributed by atoms with E-state index in [0.717, 1.165) is 31.7 Å². The Bertz CT molecular complexity index is 648. The highest BCUT2D eigenvalue weighted by molar-refractivity contribution is 7.87. The van der Waals surface area contributed by atoms with E-state index in [4.69, 9.17) is 11.6 Å². The van der Waals surface area contributed by atoms with Gasteiger partial charge in [-0.2, -0.15) is 17.9 Å². The van der Waals surface area contributed by atoms with E-state index >= 15 is 0 Å². The predicted molar refractivity (Wildman–Crippen MR) is 82.4 cm³/mol. The van der Waals surface area contributed by atoms with Gasteiger partial charge in [-0.3, -0.25) is 4.79 Å². The first-order valence-electron chi connectivity index (χ1n) is 6.87. The van der Waals surface area contributed by atoms with E-state index in [1.165, 1.54) is 12.1 Å². The number of anilines is 1. The van der Waals surface area contributed by atoms with Gasteiger partial charge in [0.25, 0.3) is 10.2 Å². The number of rotatable bonds is 6. The lowest BCUT2D eigenvalue weighted by Crippen LogP contribution is -2.44. The molecule has 22 heavy (non-hydrogen) atoms. The number of hydrogen-bond donors (Lipinski definition) is 3.